The van der Waals surface area contributed by atoms with Gasteiger partial charge in [0, 0.05) is 38.5 Å². The van der Waals surface area contributed by atoms with E-state index in [4.69, 9.17) is 14.9 Å². The van der Waals surface area contributed by atoms with Gasteiger partial charge in [0.1, 0.15) is 5.69 Å². The second-order valence-corrected chi connectivity index (χ2v) is 9.35. The molecule has 0 unspecified atom stereocenters. The van der Waals surface area contributed by atoms with Crippen molar-refractivity contribution in [1.82, 2.24) is 30.4 Å². The van der Waals surface area contributed by atoms with E-state index in [-0.39, 0.29) is 18.9 Å². The molecular formula is C25H33N7O6. The van der Waals surface area contributed by atoms with E-state index in [0.29, 0.717) is 36.1 Å². The number of anilines is 1. The maximum absolute atomic E-state index is 12.0. The molecule has 1 saturated carbocycles. The van der Waals surface area contributed by atoms with Crippen molar-refractivity contribution < 1.29 is 29.3 Å². The number of hydrogen-bond donors (Lipinski definition) is 6. The van der Waals surface area contributed by atoms with Gasteiger partial charge in [-0.1, -0.05) is 6.07 Å². The minimum absolute atomic E-state index is 0.0628. The van der Waals surface area contributed by atoms with E-state index in [1.807, 2.05) is 6.07 Å². The number of aliphatic carboxylic acids is 2. The summed E-state index contributed by atoms with van der Waals surface area (Å²) in [6.07, 6.45) is 4.70. The number of aromatic amines is 2. The van der Waals surface area contributed by atoms with Crippen molar-refractivity contribution >= 4 is 34.7 Å². The fourth-order valence-corrected chi connectivity index (χ4v) is 3.98. The Kier molecular flexibility index (Phi) is 9.27. The molecule has 13 nitrogen and oxygen atoms in total. The lowest BCUT2D eigenvalue weighted by Gasteiger charge is -2.26. The summed E-state index contributed by atoms with van der Waals surface area (Å²) in [5.41, 5.74) is 4.34. The highest BCUT2D eigenvalue weighted by Crippen LogP contribution is 2.26. The maximum atomic E-state index is 12.0. The second-order valence-electron chi connectivity index (χ2n) is 9.35. The number of morpholine rings is 1. The quantitative estimate of drug-likeness (QED) is 0.216. The molecule has 2 fully saturated rings. The normalized spacial score (nSPS) is 15.5. The van der Waals surface area contributed by atoms with Gasteiger partial charge in [-0.05, 0) is 43.4 Å². The SMILES string of the molecule is O=C(Nc1cn[nH]c1-c1nc2ccc(CN3CCOCC3)cc2[nH]1)NC1CC1.O=C(O)CCCCC(=O)O. The first-order valence-corrected chi connectivity index (χ1v) is 12.7. The smallest absolute Gasteiger partial charge is 0.319 e. The second kappa shape index (κ2) is 13.0. The Morgan fingerprint density at radius 3 is 2.45 bits per heavy atom. The first-order chi connectivity index (χ1) is 18.4. The summed E-state index contributed by atoms with van der Waals surface area (Å²) in [5, 5.41) is 29.0. The minimum atomic E-state index is -0.870. The summed E-state index contributed by atoms with van der Waals surface area (Å²) in [5.74, 6) is -1.09. The number of benzene rings is 1. The van der Waals surface area contributed by atoms with Gasteiger partial charge in [-0.3, -0.25) is 19.6 Å². The molecule has 13 heteroatoms. The standard InChI is InChI=1S/C19H23N7O2.C6H10O4/c27-19(21-13-2-3-13)24-16-10-20-25-17(16)18-22-14-4-1-12(9-15(14)23-18)11-26-5-7-28-8-6-26;7-5(8)3-1-2-4-6(9)10/h1,4,9-10,13H,2-3,5-8,11H2,(H,20,25)(H,22,23)(H2,21,24,27);1-4H2,(H,7,8)(H,9,10). The van der Waals surface area contributed by atoms with Gasteiger partial charge in [-0.25, -0.2) is 9.78 Å². The molecule has 0 bridgehead atoms. The van der Waals surface area contributed by atoms with Crippen LogP contribution in [0.25, 0.3) is 22.6 Å². The average Bonchev–Trinajstić information content (AvgIpc) is 3.40. The molecule has 3 heterocycles. The largest absolute Gasteiger partial charge is 0.481 e. The van der Waals surface area contributed by atoms with E-state index in [1.54, 1.807) is 6.20 Å². The van der Waals surface area contributed by atoms with Crippen LogP contribution in [0.5, 0.6) is 0 Å². The Labute approximate surface area is 219 Å². The summed E-state index contributed by atoms with van der Waals surface area (Å²) in [6, 6.07) is 6.34. The van der Waals surface area contributed by atoms with Crippen LogP contribution < -0.4 is 10.6 Å². The lowest BCUT2D eigenvalue weighted by molar-refractivity contribution is -0.139. The van der Waals surface area contributed by atoms with Crippen LogP contribution in [0, 0.1) is 0 Å². The van der Waals surface area contributed by atoms with Crippen LogP contribution in [0.4, 0.5) is 10.5 Å². The van der Waals surface area contributed by atoms with Crippen LogP contribution in [0.1, 0.15) is 44.1 Å². The monoisotopic (exact) mass is 527 g/mol. The van der Waals surface area contributed by atoms with Gasteiger partial charge >= 0.3 is 18.0 Å². The van der Waals surface area contributed by atoms with Crippen molar-refractivity contribution in [2.45, 2.75) is 51.1 Å². The summed E-state index contributed by atoms with van der Waals surface area (Å²) >= 11 is 0. The summed E-state index contributed by atoms with van der Waals surface area (Å²) < 4.78 is 5.41. The third-order valence-electron chi connectivity index (χ3n) is 6.12. The average molecular weight is 528 g/mol. The Hall–Kier alpha value is -3.97. The maximum Gasteiger partial charge on any atom is 0.319 e. The van der Waals surface area contributed by atoms with Gasteiger partial charge in [0.2, 0.25) is 0 Å². The van der Waals surface area contributed by atoms with Crippen LogP contribution in [0.2, 0.25) is 0 Å². The molecule has 2 amide bonds. The van der Waals surface area contributed by atoms with Crippen LogP contribution in [0.3, 0.4) is 0 Å². The van der Waals surface area contributed by atoms with Crippen molar-refractivity contribution in [2.75, 3.05) is 31.6 Å². The molecular weight excluding hydrogens is 494 g/mol. The predicted molar refractivity (Wildman–Crippen MR) is 139 cm³/mol. The lowest BCUT2D eigenvalue weighted by atomic mass is 10.2. The molecule has 2 aliphatic rings. The van der Waals surface area contributed by atoms with Crippen molar-refractivity contribution in [3.8, 4) is 11.5 Å². The third-order valence-corrected chi connectivity index (χ3v) is 6.12. The highest BCUT2D eigenvalue weighted by Gasteiger charge is 2.24. The van der Waals surface area contributed by atoms with Crippen molar-refractivity contribution in [3.05, 3.63) is 30.0 Å². The van der Waals surface area contributed by atoms with E-state index < -0.39 is 11.9 Å². The van der Waals surface area contributed by atoms with Crippen LogP contribution >= 0.6 is 0 Å². The number of nitrogens with zero attached hydrogens (tertiary/aromatic N) is 3. The number of aromatic nitrogens is 4. The number of unbranched alkanes of at least 4 members (excludes halogenated alkanes) is 1. The predicted octanol–water partition coefficient (Wildman–Crippen LogP) is 2.79. The summed E-state index contributed by atoms with van der Waals surface area (Å²) in [6.45, 7) is 4.39. The number of hydrogen-bond acceptors (Lipinski definition) is 7. The molecule has 0 spiro atoms. The van der Waals surface area contributed by atoms with Gasteiger partial charge in [-0.15, -0.1) is 0 Å². The molecule has 0 radical (unpaired) electrons. The summed E-state index contributed by atoms with van der Waals surface area (Å²) in [7, 11) is 0. The van der Waals surface area contributed by atoms with Gasteiger partial charge in [-0.2, -0.15) is 5.10 Å². The van der Waals surface area contributed by atoms with E-state index >= 15 is 0 Å². The molecule has 5 rings (SSSR count). The molecule has 2 aromatic heterocycles. The number of imidazole rings is 1. The Balaban J connectivity index is 0.000000289. The number of ether oxygens (including phenoxy) is 1. The third kappa shape index (κ3) is 8.28. The lowest BCUT2D eigenvalue weighted by Crippen LogP contribution is -2.35. The van der Waals surface area contributed by atoms with Gasteiger partial charge < -0.3 is 30.6 Å². The number of H-pyrrole nitrogens is 2. The molecule has 1 aliphatic heterocycles. The fraction of sp³-hybridized carbons (Fsp3) is 0.480. The molecule has 0 atom stereocenters. The first kappa shape index (κ1) is 27.1. The molecule has 1 aliphatic carbocycles. The van der Waals surface area contributed by atoms with E-state index in [0.717, 1.165) is 56.7 Å². The van der Waals surface area contributed by atoms with Crippen LogP contribution in [-0.2, 0) is 20.9 Å². The van der Waals surface area contributed by atoms with Crippen molar-refractivity contribution in [2.24, 2.45) is 0 Å². The van der Waals surface area contributed by atoms with Crippen LogP contribution in [-0.4, -0.2) is 85.6 Å². The van der Waals surface area contributed by atoms with Crippen molar-refractivity contribution in [3.63, 3.8) is 0 Å². The number of urea groups is 1. The Morgan fingerprint density at radius 1 is 1.08 bits per heavy atom. The number of carboxylic acid groups (broad SMARTS) is 2. The van der Waals surface area contributed by atoms with E-state index in [2.05, 4.69) is 47.8 Å². The highest BCUT2D eigenvalue weighted by atomic mass is 16.5. The number of carboxylic acids is 2. The number of carbonyl (C=O) groups is 3. The molecule has 1 aromatic carbocycles. The Bertz CT molecular complexity index is 1230. The highest BCUT2D eigenvalue weighted by molar-refractivity contribution is 5.93. The zero-order chi connectivity index (χ0) is 26.9. The molecule has 204 valence electrons. The minimum Gasteiger partial charge on any atom is -0.481 e. The number of nitrogens with one attached hydrogen (secondary N) is 4. The van der Waals surface area contributed by atoms with E-state index in [1.165, 1.54) is 5.56 Å². The molecule has 1 saturated heterocycles. The van der Waals surface area contributed by atoms with E-state index in [9.17, 15) is 14.4 Å². The number of rotatable bonds is 10. The van der Waals surface area contributed by atoms with Gasteiger partial charge in [0.05, 0.1) is 36.1 Å². The zero-order valence-corrected chi connectivity index (χ0v) is 21.0. The number of amides is 2. The topological polar surface area (TPSA) is 186 Å². The first-order valence-electron chi connectivity index (χ1n) is 12.7. The van der Waals surface area contributed by atoms with Crippen molar-refractivity contribution in [1.29, 1.82) is 0 Å². The summed E-state index contributed by atoms with van der Waals surface area (Å²) in [4.78, 5) is 42.2. The molecule has 6 N–H and O–H groups in total. The molecule has 38 heavy (non-hydrogen) atoms. The number of carbonyl (C=O) groups excluding carboxylic acids is 1. The van der Waals surface area contributed by atoms with Crippen LogP contribution in [0.15, 0.2) is 24.4 Å². The number of fused-ring (bicyclic) bond motifs is 1. The zero-order valence-electron chi connectivity index (χ0n) is 21.0. The Morgan fingerprint density at radius 2 is 1.79 bits per heavy atom. The molecule has 3 aromatic rings. The van der Waals surface area contributed by atoms with Gasteiger partial charge in [0.15, 0.2) is 5.82 Å². The fourth-order valence-electron chi connectivity index (χ4n) is 3.98. The van der Waals surface area contributed by atoms with Gasteiger partial charge in [0.25, 0.3) is 0 Å².